The van der Waals surface area contributed by atoms with E-state index >= 15 is 0 Å². The lowest BCUT2D eigenvalue weighted by molar-refractivity contribution is 0.157. The van der Waals surface area contributed by atoms with Gasteiger partial charge in [0.25, 0.3) is 0 Å². The highest BCUT2D eigenvalue weighted by atomic mass is 28.4. The van der Waals surface area contributed by atoms with Crippen LogP contribution < -0.4 is 0 Å². The van der Waals surface area contributed by atoms with E-state index in [2.05, 4.69) is 26.2 Å². The van der Waals surface area contributed by atoms with Gasteiger partial charge in [-0.25, -0.2) is 0 Å². The van der Waals surface area contributed by atoms with Gasteiger partial charge in [0.2, 0.25) is 0 Å². The SMILES string of the molecule is C=CCC(CC(C)CF)O[Si](C)(C)C. The molecule has 0 bridgehead atoms. The molecule has 0 aliphatic heterocycles. The fourth-order valence-electron chi connectivity index (χ4n) is 1.39. The summed E-state index contributed by atoms with van der Waals surface area (Å²) in [6, 6.07) is 0. The van der Waals surface area contributed by atoms with Crippen LogP contribution in [0.15, 0.2) is 12.7 Å². The zero-order chi connectivity index (χ0) is 11.2. The van der Waals surface area contributed by atoms with Crippen LogP contribution in [0.1, 0.15) is 19.8 Å². The van der Waals surface area contributed by atoms with Crippen LogP contribution in [0, 0.1) is 5.92 Å². The minimum absolute atomic E-state index is 0.0938. The fraction of sp³-hybridized carbons (Fsp3) is 0.818. The minimum atomic E-state index is -1.51. The second-order valence-corrected chi connectivity index (χ2v) is 9.33. The Bertz CT molecular complexity index is 165. The molecule has 0 aromatic carbocycles. The van der Waals surface area contributed by atoms with Crippen LogP contribution in [0.5, 0.6) is 0 Å². The van der Waals surface area contributed by atoms with Crippen LogP contribution in [-0.2, 0) is 4.43 Å². The van der Waals surface area contributed by atoms with Gasteiger partial charge in [-0.3, -0.25) is 4.39 Å². The number of hydrogen-bond acceptors (Lipinski definition) is 1. The number of halogens is 1. The summed E-state index contributed by atoms with van der Waals surface area (Å²) in [7, 11) is -1.51. The van der Waals surface area contributed by atoms with Gasteiger partial charge in [-0.2, -0.15) is 0 Å². The third-order valence-corrected chi connectivity index (χ3v) is 2.92. The van der Waals surface area contributed by atoms with E-state index in [1.807, 2.05) is 13.0 Å². The Labute approximate surface area is 88.5 Å². The lowest BCUT2D eigenvalue weighted by Gasteiger charge is -2.27. The van der Waals surface area contributed by atoms with Crippen LogP contribution in [0.2, 0.25) is 19.6 Å². The van der Waals surface area contributed by atoms with Crippen molar-refractivity contribution in [2.45, 2.75) is 45.5 Å². The van der Waals surface area contributed by atoms with E-state index < -0.39 is 8.32 Å². The van der Waals surface area contributed by atoms with E-state index in [1.165, 1.54) is 0 Å². The van der Waals surface area contributed by atoms with Gasteiger partial charge in [0.05, 0.1) is 6.67 Å². The molecule has 3 heteroatoms. The monoisotopic (exact) mass is 218 g/mol. The molecule has 0 radical (unpaired) electrons. The lowest BCUT2D eigenvalue weighted by Crippen LogP contribution is -2.32. The lowest BCUT2D eigenvalue weighted by atomic mass is 10.0. The Morgan fingerprint density at radius 2 is 2.00 bits per heavy atom. The first-order valence-corrected chi connectivity index (χ1v) is 8.64. The minimum Gasteiger partial charge on any atom is -0.414 e. The maximum absolute atomic E-state index is 12.4. The highest BCUT2D eigenvalue weighted by Gasteiger charge is 2.21. The molecule has 0 saturated carbocycles. The summed E-state index contributed by atoms with van der Waals surface area (Å²) >= 11 is 0. The van der Waals surface area contributed by atoms with Crippen molar-refractivity contribution < 1.29 is 8.82 Å². The molecular formula is C11H23FOSi. The van der Waals surface area contributed by atoms with Crippen LogP contribution >= 0.6 is 0 Å². The van der Waals surface area contributed by atoms with Gasteiger partial charge in [0.1, 0.15) is 0 Å². The average Bonchev–Trinajstić information content (AvgIpc) is 2.01. The molecule has 0 fully saturated rings. The molecule has 0 aliphatic rings. The molecule has 0 saturated heterocycles. The molecule has 0 rings (SSSR count). The van der Waals surface area contributed by atoms with Gasteiger partial charge in [-0.05, 0) is 38.4 Å². The van der Waals surface area contributed by atoms with Gasteiger partial charge >= 0.3 is 0 Å². The third-order valence-electron chi connectivity index (χ3n) is 1.88. The standard InChI is InChI=1S/C11H23FOSi/c1-6-7-11(8-10(2)9-12)13-14(3,4)5/h6,10-11H,1,7-9H2,2-5H3. The Hall–Kier alpha value is -0.153. The summed E-state index contributed by atoms with van der Waals surface area (Å²) < 4.78 is 18.3. The van der Waals surface area contributed by atoms with E-state index in [0.717, 1.165) is 12.8 Å². The largest absolute Gasteiger partial charge is 0.414 e. The van der Waals surface area contributed by atoms with Gasteiger partial charge in [0, 0.05) is 6.10 Å². The summed E-state index contributed by atoms with van der Waals surface area (Å²) in [6.07, 6.45) is 3.64. The second-order valence-electron chi connectivity index (χ2n) is 4.87. The first-order valence-electron chi connectivity index (χ1n) is 5.23. The van der Waals surface area contributed by atoms with Crippen molar-refractivity contribution in [2.75, 3.05) is 6.67 Å². The zero-order valence-electron chi connectivity index (χ0n) is 9.85. The molecule has 0 heterocycles. The fourth-order valence-corrected chi connectivity index (χ4v) is 2.58. The third kappa shape index (κ3) is 7.27. The average molecular weight is 218 g/mol. The van der Waals surface area contributed by atoms with E-state index in [1.54, 1.807) is 0 Å². The highest BCUT2D eigenvalue weighted by molar-refractivity contribution is 6.69. The molecular weight excluding hydrogens is 195 g/mol. The predicted octanol–water partition coefficient (Wildman–Crippen LogP) is 3.78. The maximum atomic E-state index is 12.4. The summed E-state index contributed by atoms with van der Waals surface area (Å²) in [5.41, 5.74) is 0. The normalized spacial score (nSPS) is 16.4. The van der Waals surface area contributed by atoms with Crippen molar-refractivity contribution in [1.82, 2.24) is 0 Å². The van der Waals surface area contributed by atoms with E-state index in [0.29, 0.717) is 0 Å². The van der Waals surface area contributed by atoms with Gasteiger partial charge in [-0.1, -0.05) is 13.0 Å². The molecule has 2 atom stereocenters. The van der Waals surface area contributed by atoms with E-state index in [4.69, 9.17) is 4.43 Å². The van der Waals surface area contributed by atoms with E-state index in [9.17, 15) is 4.39 Å². The molecule has 0 aromatic rings. The number of rotatable bonds is 7. The van der Waals surface area contributed by atoms with Crippen molar-refractivity contribution in [3.05, 3.63) is 12.7 Å². The Balaban J connectivity index is 4.08. The predicted molar refractivity (Wildman–Crippen MR) is 62.8 cm³/mol. The van der Waals surface area contributed by atoms with Crippen molar-refractivity contribution >= 4 is 8.32 Å². The smallest absolute Gasteiger partial charge is 0.184 e. The molecule has 0 amide bonds. The van der Waals surface area contributed by atoms with Crippen molar-refractivity contribution in [2.24, 2.45) is 5.92 Å². The summed E-state index contributed by atoms with van der Waals surface area (Å²) in [4.78, 5) is 0. The van der Waals surface area contributed by atoms with Gasteiger partial charge < -0.3 is 4.43 Å². The molecule has 14 heavy (non-hydrogen) atoms. The Kier molecular flexibility index (Phi) is 6.28. The molecule has 0 N–H and O–H groups in total. The molecule has 1 nitrogen and oxygen atoms in total. The van der Waals surface area contributed by atoms with Crippen LogP contribution in [0.3, 0.4) is 0 Å². The summed E-state index contributed by atoms with van der Waals surface area (Å²) in [5.74, 6) is 0.0938. The molecule has 0 aromatic heterocycles. The maximum Gasteiger partial charge on any atom is 0.184 e. The first-order chi connectivity index (χ1) is 6.39. The highest BCUT2D eigenvalue weighted by Crippen LogP contribution is 2.18. The molecule has 84 valence electrons. The van der Waals surface area contributed by atoms with Crippen molar-refractivity contribution in [3.8, 4) is 0 Å². The quantitative estimate of drug-likeness (QED) is 0.467. The Morgan fingerprint density at radius 1 is 1.43 bits per heavy atom. The van der Waals surface area contributed by atoms with Gasteiger partial charge in [-0.15, -0.1) is 6.58 Å². The van der Waals surface area contributed by atoms with Crippen molar-refractivity contribution in [1.29, 1.82) is 0 Å². The topological polar surface area (TPSA) is 9.23 Å². The molecule has 2 unspecified atom stereocenters. The van der Waals surface area contributed by atoms with Crippen LogP contribution in [0.4, 0.5) is 4.39 Å². The Morgan fingerprint density at radius 3 is 2.36 bits per heavy atom. The number of hydrogen-bond donors (Lipinski definition) is 0. The molecule has 0 spiro atoms. The summed E-state index contributed by atoms with van der Waals surface area (Å²) in [5, 5.41) is 0. The molecule has 0 aliphatic carbocycles. The van der Waals surface area contributed by atoms with Crippen LogP contribution in [-0.4, -0.2) is 21.1 Å². The van der Waals surface area contributed by atoms with Crippen molar-refractivity contribution in [3.63, 3.8) is 0 Å². The second kappa shape index (κ2) is 6.35. The zero-order valence-corrected chi connectivity index (χ0v) is 10.8. The first kappa shape index (κ1) is 13.8. The summed E-state index contributed by atoms with van der Waals surface area (Å²) in [6.45, 7) is 11.8. The van der Waals surface area contributed by atoms with Gasteiger partial charge in [0.15, 0.2) is 8.32 Å². The van der Waals surface area contributed by atoms with Crippen LogP contribution in [0.25, 0.3) is 0 Å². The van der Waals surface area contributed by atoms with E-state index in [-0.39, 0.29) is 18.7 Å². The number of alkyl halides is 1.